The highest BCUT2D eigenvalue weighted by molar-refractivity contribution is 6.29. The molecule has 0 unspecified atom stereocenters. The second-order valence-electron chi connectivity index (χ2n) is 9.23. The molecule has 5 heterocycles. The number of rotatable bonds is 5. The lowest BCUT2D eigenvalue weighted by molar-refractivity contribution is 0.630. The van der Waals surface area contributed by atoms with Crippen molar-refractivity contribution in [2.75, 3.05) is 11.1 Å². The number of hydrogen-bond donors (Lipinski definition) is 2. The van der Waals surface area contributed by atoms with Gasteiger partial charge in [-0.05, 0) is 48.4 Å². The predicted molar refractivity (Wildman–Crippen MR) is 147 cm³/mol. The van der Waals surface area contributed by atoms with Crippen molar-refractivity contribution in [1.82, 2.24) is 49.1 Å². The lowest BCUT2D eigenvalue weighted by atomic mass is 10.0. The monoisotopic (exact) mass is 542 g/mol. The summed E-state index contributed by atoms with van der Waals surface area (Å²) in [5, 5.41) is 16.7. The van der Waals surface area contributed by atoms with Gasteiger partial charge >= 0.3 is 0 Å². The standard InChI is InChI=1S/C25H23ClN12O/c1-12-7-15(13(2)31-17-5-6-18(26)32-20(17)22-33-35-37(4)34-22)21-16(8-12)24(39)36(3)23-19(30-11-38(21)23)14-9-28-25(27)29-10-14/h5-11,13,31H,1-4H3,(H2,27,28,29)/t13-/m0/s1. The van der Waals surface area contributed by atoms with E-state index in [1.165, 1.54) is 4.80 Å². The van der Waals surface area contributed by atoms with E-state index in [2.05, 4.69) is 46.7 Å². The van der Waals surface area contributed by atoms with Crippen LogP contribution >= 0.6 is 11.6 Å². The number of nitrogens with one attached hydrogen (secondary N) is 1. The maximum atomic E-state index is 13.6. The van der Waals surface area contributed by atoms with Crippen molar-refractivity contribution in [2.24, 2.45) is 14.1 Å². The van der Waals surface area contributed by atoms with Gasteiger partial charge in [0.15, 0.2) is 0 Å². The van der Waals surface area contributed by atoms with Crippen molar-refractivity contribution < 1.29 is 0 Å². The molecule has 39 heavy (non-hydrogen) atoms. The first-order chi connectivity index (χ1) is 18.7. The average molecular weight is 543 g/mol. The van der Waals surface area contributed by atoms with Crippen molar-refractivity contribution in [3.05, 3.63) is 69.6 Å². The summed E-state index contributed by atoms with van der Waals surface area (Å²) >= 11 is 6.20. The Morgan fingerprint density at radius 1 is 1.08 bits per heavy atom. The molecule has 0 radical (unpaired) electrons. The Hall–Kier alpha value is -4.91. The fraction of sp³-hybridized carbons (Fsp3) is 0.200. The number of hydrogen-bond acceptors (Lipinski definition) is 10. The summed E-state index contributed by atoms with van der Waals surface area (Å²) in [6.45, 7) is 3.97. The van der Waals surface area contributed by atoms with Gasteiger partial charge in [0.25, 0.3) is 5.56 Å². The number of imidazole rings is 1. The van der Waals surface area contributed by atoms with Gasteiger partial charge in [-0.2, -0.15) is 4.80 Å². The maximum absolute atomic E-state index is 13.6. The minimum absolute atomic E-state index is 0.148. The number of nitrogens with zero attached hydrogens (tertiary/aromatic N) is 10. The highest BCUT2D eigenvalue weighted by Gasteiger charge is 2.22. The first-order valence-corrected chi connectivity index (χ1v) is 12.3. The lowest BCUT2D eigenvalue weighted by Gasteiger charge is -2.21. The number of anilines is 2. The lowest BCUT2D eigenvalue weighted by Crippen LogP contribution is -2.21. The molecular weight excluding hydrogens is 520 g/mol. The highest BCUT2D eigenvalue weighted by atomic mass is 35.5. The molecule has 6 aromatic rings. The van der Waals surface area contributed by atoms with Gasteiger partial charge in [-0.15, -0.1) is 10.2 Å². The average Bonchev–Trinajstić information content (AvgIpc) is 3.55. The van der Waals surface area contributed by atoms with Crippen LogP contribution in [0.1, 0.15) is 24.1 Å². The number of halogens is 1. The van der Waals surface area contributed by atoms with Gasteiger partial charge in [-0.1, -0.05) is 17.7 Å². The van der Waals surface area contributed by atoms with Crippen LogP contribution in [0.2, 0.25) is 5.15 Å². The van der Waals surface area contributed by atoms with E-state index >= 15 is 0 Å². The number of nitrogens with two attached hydrogens (primary N) is 1. The van der Waals surface area contributed by atoms with Crippen molar-refractivity contribution in [1.29, 1.82) is 0 Å². The number of tetrazole rings is 1. The number of fused-ring (bicyclic) bond motifs is 3. The van der Waals surface area contributed by atoms with Gasteiger partial charge < -0.3 is 11.1 Å². The van der Waals surface area contributed by atoms with Gasteiger partial charge in [-0.25, -0.2) is 19.9 Å². The molecule has 196 valence electrons. The molecule has 1 atom stereocenters. The molecule has 0 fully saturated rings. The minimum atomic E-state index is -0.271. The van der Waals surface area contributed by atoms with E-state index in [-0.39, 0.29) is 17.5 Å². The van der Waals surface area contributed by atoms with Crippen molar-refractivity contribution in [2.45, 2.75) is 19.9 Å². The molecule has 0 aliphatic rings. The minimum Gasteiger partial charge on any atom is -0.377 e. The zero-order valence-corrected chi connectivity index (χ0v) is 22.2. The van der Waals surface area contributed by atoms with Crippen LogP contribution in [0.4, 0.5) is 11.6 Å². The van der Waals surface area contributed by atoms with E-state index in [0.29, 0.717) is 44.6 Å². The number of pyridine rings is 1. The summed E-state index contributed by atoms with van der Waals surface area (Å²) in [5.74, 6) is 0.497. The summed E-state index contributed by atoms with van der Waals surface area (Å²) in [7, 11) is 3.40. The van der Waals surface area contributed by atoms with Crippen LogP contribution in [0.15, 0.2) is 47.8 Å². The summed E-state index contributed by atoms with van der Waals surface area (Å²) in [5.41, 5.74) is 11.0. The molecular formula is C25H23ClN12O. The Kier molecular flexibility index (Phi) is 5.72. The van der Waals surface area contributed by atoms with Crippen LogP contribution in [0.3, 0.4) is 0 Å². The maximum Gasteiger partial charge on any atom is 0.261 e. The fourth-order valence-corrected chi connectivity index (χ4v) is 4.90. The number of benzene rings is 1. The third kappa shape index (κ3) is 4.12. The molecule has 0 bridgehead atoms. The third-order valence-corrected chi connectivity index (χ3v) is 6.70. The molecule has 0 spiro atoms. The van der Waals surface area contributed by atoms with Gasteiger partial charge in [0.05, 0.1) is 29.7 Å². The topological polar surface area (TPSA) is 160 Å². The number of aryl methyl sites for hydroxylation is 3. The number of aromatic nitrogens is 10. The Labute approximate surface area is 226 Å². The molecule has 0 saturated heterocycles. The largest absolute Gasteiger partial charge is 0.377 e. The molecule has 0 aliphatic heterocycles. The van der Waals surface area contributed by atoms with Gasteiger partial charge in [0.2, 0.25) is 11.8 Å². The zero-order chi connectivity index (χ0) is 27.4. The second kappa shape index (κ2) is 9.13. The van der Waals surface area contributed by atoms with Crippen molar-refractivity contribution >= 4 is 39.8 Å². The Morgan fingerprint density at radius 3 is 2.56 bits per heavy atom. The molecule has 14 heteroatoms. The van der Waals surface area contributed by atoms with Crippen LogP contribution in [0.25, 0.3) is 39.3 Å². The van der Waals surface area contributed by atoms with Crippen LogP contribution < -0.4 is 16.6 Å². The van der Waals surface area contributed by atoms with Crippen LogP contribution in [-0.2, 0) is 14.1 Å². The summed E-state index contributed by atoms with van der Waals surface area (Å²) in [4.78, 5) is 32.2. The molecule has 6 rings (SSSR count). The summed E-state index contributed by atoms with van der Waals surface area (Å²) in [6.07, 6.45) is 4.89. The number of nitrogen functional groups attached to an aromatic ring is 1. The quantitative estimate of drug-likeness (QED) is 0.310. The van der Waals surface area contributed by atoms with E-state index in [1.807, 2.05) is 30.4 Å². The zero-order valence-electron chi connectivity index (χ0n) is 21.5. The van der Waals surface area contributed by atoms with E-state index in [1.54, 1.807) is 43.4 Å². The van der Waals surface area contributed by atoms with Gasteiger partial charge in [-0.3, -0.25) is 13.8 Å². The smallest absolute Gasteiger partial charge is 0.261 e. The molecule has 0 aliphatic carbocycles. The predicted octanol–water partition coefficient (Wildman–Crippen LogP) is 2.95. The molecule has 1 aromatic carbocycles. The van der Waals surface area contributed by atoms with Crippen LogP contribution in [0.5, 0.6) is 0 Å². The van der Waals surface area contributed by atoms with Crippen molar-refractivity contribution in [3.63, 3.8) is 0 Å². The molecule has 3 N–H and O–H groups in total. The molecule has 0 amide bonds. The first kappa shape index (κ1) is 24.4. The first-order valence-electron chi connectivity index (χ1n) is 12.0. The molecule has 0 saturated carbocycles. The van der Waals surface area contributed by atoms with Crippen molar-refractivity contribution in [3.8, 4) is 22.8 Å². The summed E-state index contributed by atoms with van der Waals surface area (Å²) in [6, 6.07) is 7.18. The van der Waals surface area contributed by atoms with Crippen LogP contribution in [0, 0.1) is 6.92 Å². The second-order valence-corrected chi connectivity index (χ2v) is 9.62. The third-order valence-electron chi connectivity index (χ3n) is 6.48. The van der Waals surface area contributed by atoms with E-state index in [0.717, 1.165) is 16.6 Å². The van der Waals surface area contributed by atoms with Gasteiger partial charge in [0.1, 0.15) is 28.5 Å². The van der Waals surface area contributed by atoms with E-state index in [9.17, 15) is 4.79 Å². The van der Waals surface area contributed by atoms with E-state index in [4.69, 9.17) is 17.3 Å². The van der Waals surface area contributed by atoms with Crippen LogP contribution in [-0.4, -0.2) is 49.1 Å². The Bertz CT molecular complexity index is 1940. The fourth-order valence-electron chi connectivity index (χ4n) is 4.75. The summed E-state index contributed by atoms with van der Waals surface area (Å²) < 4.78 is 3.50. The highest BCUT2D eigenvalue weighted by Crippen LogP contribution is 2.33. The molecule has 13 nitrogen and oxygen atoms in total. The van der Waals surface area contributed by atoms with Gasteiger partial charge in [0, 0.05) is 25.0 Å². The normalized spacial score (nSPS) is 12.3. The SMILES string of the molecule is Cc1cc([C@H](C)Nc2ccc(Cl)nc2-c2nnn(C)n2)c2c(c1)c(=O)n(C)c1c(-c3cnc(N)nc3)ncn21. The Balaban J connectivity index is 1.54. The van der Waals surface area contributed by atoms with E-state index < -0.39 is 0 Å². The Morgan fingerprint density at radius 2 is 1.85 bits per heavy atom. The molecule has 5 aromatic heterocycles.